The van der Waals surface area contributed by atoms with Crippen molar-refractivity contribution in [3.8, 4) is 0 Å². The number of amides is 1. The minimum atomic E-state index is -1.49. The fourth-order valence-electron chi connectivity index (χ4n) is 2.13. The van der Waals surface area contributed by atoms with Gasteiger partial charge in [0.15, 0.2) is 0 Å². The molecule has 1 aromatic carbocycles. The second kappa shape index (κ2) is 9.54. The molecule has 10 nitrogen and oxygen atoms in total. The van der Waals surface area contributed by atoms with Crippen molar-refractivity contribution < 1.29 is 38.3 Å². The number of hydrogen-bond acceptors (Lipinski definition) is 8. The SMILES string of the molecule is COC(=O)c1cc([N+](=O)[O-])c(S[C@H](C)[C@H](NC(=O)OC(C)(C)C)C(=O)O)cc1F. The zero-order chi connectivity index (χ0) is 22.5. The number of carboxylic acid groups (broad SMARTS) is 1. The largest absolute Gasteiger partial charge is 0.480 e. The molecule has 29 heavy (non-hydrogen) atoms. The van der Waals surface area contributed by atoms with E-state index in [1.165, 1.54) is 6.92 Å². The molecule has 0 spiro atoms. The number of carbonyl (C=O) groups excluding carboxylic acids is 2. The van der Waals surface area contributed by atoms with Crippen LogP contribution in [0.5, 0.6) is 0 Å². The van der Waals surface area contributed by atoms with Gasteiger partial charge in [-0.25, -0.2) is 18.8 Å². The van der Waals surface area contributed by atoms with Crippen molar-refractivity contribution in [3.63, 3.8) is 0 Å². The molecule has 0 aromatic heterocycles. The molecule has 0 fully saturated rings. The Morgan fingerprint density at radius 1 is 1.31 bits per heavy atom. The Kier molecular flexibility index (Phi) is 7.95. The first-order valence-corrected chi connectivity index (χ1v) is 9.10. The van der Waals surface area contributed by atoms with E-state index in [1.54, 1.807) is 20.8 Å². The van der Waals surface area contributed by atoms with Crippen LogP contribution in [0.1, 0.15) is 38.1 Å². The number of aliphatic carboxylic acids is 1. The summed E-state index contributed by atoms with van der Waals surface area (Å²) in [6.45, 7) is 6.16. The number of carbonyl (C=O) groups is 3. The van der Waals surface area contributed by atoms with Crippen molar-refractivity contribution >= 4 is 35.5 Å². The van der Waals surface area contributed by atoms with Gasteiger partial charge in [-0.2, -0.15) is 0 Å². The molecule has 1 amide bonds. The monoisotopic (exact) mass is 432 g/mol. The number of hydrogen-bond donors (Lipinski definition) is 2. The van der Waals surface area contributed by atoms with E-state index in [0.717, 1.165) is 13.2 Å². The van der Waals surface area contributed by atoms with Gasteiger partial charge < -0.3 is 19.9 Å². The molecule has 2 N–H and O–H groups in total. The maximum Gasteiger partial charge on any atom is 0.408 e. The van der Waals surface area contributed by atoms with Crippen LogP contribution in [0, 0.1) is 15.9 Å². The third-order valence-electron chi connectivity index (χ3n) is 3.37. The number of nitrogens with zero attached hydrogens (tertiary/aromatic N) is 1. The van der Waals surface area contributed by atoms with Crippen LogP contribution in [0.3, 0.4) is 0 Å². The summed E-state index contributed by atoms with van der Waals surface area (Å²) in [6.07, 6.45) is -0.987. The zero-order valence-electron chi connectivity index (χ0n) is 16.3. The maximum atomic E-state index is 14.2. The molecular weight excluding hydrogens is 411 g/mol. The molecule has 0 heterocycles. The van der Waals surface area contributed by atoms with Gasteiger partial charge in [0.05, 0.1) is 16.9 Å². The number of rotatable bonds is 7. The highest BCUT2D eigenvalue weighted by molar-refractivity contribution is 8.00. The van der Waals surface area contributed by atoms with Crippen molar-refractivity contribution in [2.45, 2.75) is 49.5 Å². The molecule has 160 valence electrons. The molecule has 0 bridgehead atoms. The van der Waals surface area contributed by atoms with Crippen LogP contribution in [0.15, 0.2) is 17.0 Å². The lowest BCUT2D eigenvalue weighted by atomic mass is 10.2. The first-order chi connectivity index (χ1) is 13.3. The van der Waals surface area contributed by atoms with Gasteiger partial charge in [0.2, 0.25) is 0 Å². The number of esters is 1. The molecule has 0 saturated heterocycles. The number of halogens is 1. The molecule has 2 atom stereocenters. The highest BCUT2D eigenvalue weighted by atomic mass is 32.2. The lowest BCUT2D eigenvalue weighted by Gasteiger charge is -2.24. The summed E-state index contributed by atoms with van der Waals surface area (Å²) in [5, 5.41) is 21.9. The van der Waals surface area contributed by atoms with Gasteiger partial charge in [0.1, 0.15) is 23.0 Å². The molecule has 0 radical (unpaired) electrons. The normalized spacial score (nSPS) is 13.2. The van der Waals surface area contributed by atoms with Crippen LogP contribution in [0.25, 0.3) is 0 Å². The average molecular weight is 432 g/mol. The van der Waals surface area contributed by atoms with Crippen molar-refractivity contribution in [2.75, 3.05) is 7.11 Å². The highest BCUT2D eigenvalue weighted by Crippen LogP contribution is 2.35. The van der Waals surface area contributed by atoms with Gasteiger partial charge in [0, 0.05) is 11.3 Å². The quantitative estimate of drug-likeness (QED) is 0.287. The molecule has 12 heteroatoms. The minimum Gasteiger partial charge on any atom is -0.480 e. The van der Waals surface area contributed by atoms with E-state index in [2.05, 4.69) is 10.1 Å². The van der Waals surface area contributed by atoms with Crippen LogP contribution in [0.4, 0.5) is 14.9 Å². The van der Waals surface area contributed by atoms with Crippen molar-refractivity contribution in [1.29, 1.82) is 0 Å². The van der Waals surface area contributed by atoms with E-state index in [1.807, 2.05) is 0 Å². The lowest BCUT2D eigenvalue weighted by molar-refractivity contribution is -0.387. The molecule has 0 aliphatic carbocycles. The summed E-state index contributed by atoms with van der Waals surface area (Å²) in [5.74, 6) is -3.57. The average Bonchev–Trinajstić information content (AvgIpc) is 2.56. The molecule has 0 aliphatic rings. The van der Waals surface area contributed by atoms with Crippen LogP contribution in [0.2, 0.25) is 0 Å². The molecular formula is C17H21FN2O8S. The third-order valence-corrected chi connectivity index (χ3v) is 4.60. The number of nitrogens with one attached hydrogen (secondary N) is 1. The van der Waals surface area contributed by atoms with E-state index in [4.69, 9.17) is 4.74 Å². The Morgan fingerprint density at radius 3 is 2.34 bits per heavy atom. The summed E-state index contributed by atoms with van der Waals surface area (Å²) in [7, 11) is 0.998. The fourth-order valence-corrected chi connectivity index (χ4v) is 3.28. The van der Waals surface area contributed by atoms with Gasteiger partial charge in [-0.3, -0.25) is 10.1 Å². The Morgan fingerprint density at radius 2 is 1.90 bits per heavy atom. The van der Waals surface area contributed by atoms with Crippen LogP contribution in [-0.4, -0.2) is 52.1 Å². The van der Waals surface area contributed by atoms with Crippen LogP contribution < -0.4 is 5.32 Å². The van der Waals surface area contributed by atoms with Gasteiger partial charge in [-0.15, -0.1) is 11.8 Å². The summed E-state index contributed by atoms with van der Waals surface area (Å²) >= 11 is 0.652. The van der Waals surface area contributed by atoms with E-state index >= 15 is 0 Å². The first-order valence-electron chi connectivity index (χ1n) is 8.22. The summed E-state index contributed by atoms with van der Waals surface area (Å²) < 4.78 is 23.6. The Labute approximate surface area is 169 Å². The topological polar surface area (TPSA) is 145 Å². The second-order valence-corrected chi connectivity index (χ2v) is 8.25. The Hall–Kier alpha value is -2.89. The summed E-state index contributed by atoms with van der Waals surface area (Å²) in [4.78, 5) is 45.3. The zero-order valence-corrected chi connectivity index (χ0v) is 17.2. The number of carboxylic acids is 1. The second-order valence-electron chi connectivity index (χ2n) is 6.83. The standard InChI is InChI=1S/C17H21FN2O8S/c1-8(13(14(21)22)19-16(24)28-17(2,3)4)29-12-7-10(18)9(15(23)27-5)6-11(12)20(25)26/h6-8,13H,1-5H3,(H,19,24)(H,21,22)/t8-,13+/m1/s1. The molecule has 0 saturated carbocycles. The van der Waals surface area contributed by atoms with Gasteiger partial charge in [-0.05, 0) is 26.8 Å². The Balaban J connectivity index is 3.17. The van der Waals surface area contributed by atoms with Gasteiger partial charge >= 0.3 is 18.0 Å². The number of nitro benzene ring substituents is 1. The fraction of sp³-hybridized carbons (Fsp3) is 0.471. The Bertz CT molecular complexity index is 824. The predicted octanol–water partition coefficient (Wildman–Crippen LogP) is 2.98. The number of thioether (sulfide) groups is 1. The lowest BCUT2D eigenvalue weighted by Crippen LogP contribution is -2.48. The van der Waals surface area contributed by atoms with E-state index in [9.17, 15) is 34.0 Å². The van der Waals surface area contributed by atoms with Crippen molar-refractivity contribution in [1.82, 2.24) is 5.32 Å². The molecule has 1 aromatic rings. The van der Waals surface area contributed by atoms with Crippen LogP contribution >= 0.6 is 11.8 Å². The number of nitro groups is 1. The number of methoxy groups -OCH3 is 1. The number of benzene rings is 1. The third kappa shape index (κ3) is 6.89. The summed E-state index contributed by atoms with van der Waals surface area (Å²) in [5.41, 5.74) is -2.10. The predicted molar refractivity (Wildman–Crippen MR) is 101 cm³/mol. The van der Waals surface area contributed by atoms with Gasteiger partial charge in [-0.1, -0.05) is 6.92 Å². The molecule has 1 rings (SSSR count). The van der Waals surface area contributed by atoms with E-state index < -0.39 is 56.9 Å². The highest BCUT2D eigenvalue weighted by Gasteiger charge is 2.32. The maximum absolute atomic E-state index is 14.2. The van der Waals surface area contributed by atoms with Crippen molar-refractivity contribution in [3.05, 3.63) is 33.6 Å². The number of alkyl carbamates (subject to hydrolysis) is 1. The summed E-state index contributed by atoms with van der Waals surface area (Å²) in [6, 6.07) is -0.0246. The van der Waals surface area contributed by atoms with Crippen molar-refractivity contribution in [2.24, 2.45) is 0 Å². The van der Waals surface area contributed by atoms with E-state index in [-0.39, 0.29) is 4.90 Å². The minimum absolute atomic E-state index is 0.218. The molecule has 0 aliphatic heterocycles. The van der Waals surface area contributed by atoms with Crippen LogP contribution in [-0.2, 0) is 14.3 Å². The smallest absolute Gasteiger partial charge is 0.408 e. The van der Waals surface area contributed by atoms with E-state index in [0.29, 0.717) is 17.8 Å². The first kappa shape index (κ1) is 24.1. The van der Waals surface area contributed by atoms with Gasteiger partial charge in [0.25, 0.3) is 5.69 Å². The molecule has 0 unspecified atom stereocenters. The number of ether oxygens (including phenoxy) is 2.